The molecule has 4 nitrogen and oxygen atoms in total. The second-order valence-corrected chi connectivity index (χ2v) is 5.12. The molecule has 4 heteroatoms. The summed E-state index contributed by atoms with van der Waals surface area (Å²) in [5.74, 6) is 0.871. The van der Waals surface area contributed by atoms with Gasteiger partial charge in [-0.3, -0.25) is 10.1 Å². The zero-order chi connectivity index (χ0) is 13.0. The first-order valence-electron chi connectivity index (χ1n) is 6.66. The van der Waals surface area contributed by atoms with Gasteiger partial charge in [0.05, 0.1) is 4.92 Å². The van der Waals surface area contributed by atoms with Crippen LogP contribution in [0.25, 0.3) is 0 Å². The van der Waals surface area contributed by atoms with Gasteiger partial charge in [-0.1, -0.05) is 25.7 Å². The van der Waals surface area contributed by atoms with Crippen LogP contribution in [0.2, 0.25) is 0 Å². The van der Waals surface area contributed by atoms with Gasteiger partial charge < -0.3 is 5.32 Å². The Hall–Kier alpha value is -1.58. The molecular formula is C14H20N2O2. The van der Waals surface area contributed by atoms with Crippen molar-refractivity contribution in [1.29, 1.82) is 0 Å². The maximum absolute atomic E-state index is 10.6. The number of nitro groups is 1. The Labute approximate surface area is 108 Å². The van der Waals surface area contributed by atoms with Crippen molar-refractivity contribution < 1.29 is 4.92 Å². The van der Waals surface area contributed by atoms with E-state index < -0.39 is 0 Å². The van der Waals surface area contributed by atoms with E-state index in [2.05, 4.69) is 5.32 Å². The lowest BCUT2D eigenvalue weighted by Crippen LogP contribution is -2.07. The minimum Gasteiger partial charge on any atom is -0.385 e. The monoisotopic (exact) mass is 248 g/mol. The molecule has 0 aromatic heterocycles. The molecule has 1 aliphatic carbocycles. The van der Waals surface area contributed by atoms with E-state index in [1.54, 1.807) is 12.1 Å². The van der Waals surface area contributed by atoms with Crippen molar-refractivity contribution >= 4 is 11.4 Å². The highest BCUT2D eigenvalue weighted by molar-refractivity contribution is 5.55. The number of hydrogen-bond donors (Lipinski definition) is 1. The number of nitro benzene ring substituents is 1. The molecule has 1 aliphatic rings. The lowest BCUT2D eigenvalue weighted by molar-refractivity contribution is -0.384. The fourth-order valence-corrected chi connectivity index (χ4v) is 2.67. The van der Waals surface area contributed by atoms with Gasteiger partial charge in [-0.15, -0.1) is 0 Å². The Bertz CT molecular complexity index is 426. The fourth-order valence-electron chi connectivity index (χ4n) is 2.67. The van der Waals surface area contributed by atoms with Crippen molar-refractivity contribution in [3.63, 3.8) is 0 Å². The van der Waals surface area contributed by atoms with Crippen molar-refractivity contribution in [2.75, 3.05) is 11.9 Å². The number of non-ortho nitro benzene ring substituents is 1. The molecule has 1 N–H and O–H groups in total. The van der Waals surface area contributed by atoms with Crippen molar-refractivity contribution in [2.24, 2.45) is 5.92 Å². The number of aryl methyl sites for hydroxylation is 1. The molecular weight excluding hydrogens is 228 g/mol. The predicted molar refractivity (Wildman–Crippen MR) is 72.9 cm³/mol. The largest absolute Gasteiger partial charge is 0.385 e. The zero-order valence-electron chi connectivity index (χ0n) is 10.8. The van der Waals surface area contributed by atoms with E-state index in [9.17, 15) is 10.1 Å². The summed E-state index contributed by atoms with van der Waals surface area (Å²) in [6, 6.07) is 4.99. The Morgan fingerprint density at radius 3 is 2.72 bits per heavy atom. The molecule has 1 aromatic rings. The van der Waals surface area contributed by atoms with Crippen LogP contribution >= 0.6 is 0 Å². The highest BCUT2D eigenvalue weighted by atomic mass is 16.6. The summed E-state index contributed by atoms with van der Waals surface area (Å²) in [7, 11) is 0. The van der Waals surface area contributed by atoms with Crippen LogP contribution in [0.4, 0.5) is 11.4 Å². The van der Waals surface area contributed by atoms with E-state index in [0.717, 1.165) is 23.7 Å². The quantitative estimate of drug-likeness (QED) is 0.635. The summed E-state index contributed by atoms with van der Waals surface area (Å²) in [5.41, 5.74) is 2.11. The first-order chi connectivity index (χ1) is 8.66. The zero-order valence-corrected chi connectivity index (χ0v) is 10.8. The summed E-state index contributed by atoms with van der Waals surface area (Å²) in [5, 5.41) is 14.0. The van der Waals surface area contributed by atoms with Crippen LogP contribution in [0.15, 0.2) is 18.2 Å². The first kappa shape index (κ1) is 12.9. The van der Waals surface area contributed by atoms with Gasteiger partial charge in [-0.05, 0) is 30.9 Å². The van der Waals surface area contributed by atoms with Crippen molar-refractivity contribution in [3.8, 4) is 0 Å². The topological polar surface area (TPSA) is 55.2 Å². The second kappa shape index (κ2) is 5.85. The number of nitrogens with zero attached hydrogens (tertiary/aromatic N) is 1. The van der Waals surface area contributed by atoms with Crippen LogP contribution in [0.1, 0.15) is 37.7 Å². The molecule has 98 valence electrons. The fraction of sp³-hybridized carbons (Fsp3) is 0.571. The van der Waals surface area contributed by atoms with Crippen LogP contribution in [-0.2, 0) is 0 Å². The van der Waals surface area contributed by atoms with Crippen LogP contribution in [0.5, 0.6) is 0 Å². The molecule has 0 unspecified atom stereocenters. The third kappa shape index (κ3) is 3.22. The molecule has 0 saturated heterocycles. The Morgan fingerprint density at radius 1 is 1.39 bits per heavy atom. The van der Waals surface area contributed by atoms with Crippen LogP contribution in [0, 0.1) is 23.0 Å². The summed E-state index contributed by atoms with van der Waals surface area (Å²) in [6.45, 7) is 2.87. The summed E-state index contributed by atoms with van der Waals surface area (Å²) in [6.07, 6.45) is 6.68. The summed E-state index contributed by atoms with van der Waals surface area (Å²) in [4.78, 5) is 10.3. The third-order valence-corrected chi connectivity index (χ3v) is 3.76. The van der Waals surface area contributed by atoms with Crippen LogP contribution in [0.3, 0.4) is 0 Å². The van der Waals surface area contributed by atoms with Crippen LogP contribution in [-0.4, -0.2) is 11.5 Å². The highest BCUT2D eigenvalue weighted by Gasteiger charge is 2.14. The Balaban J connectivity index is 1.87. The minimum absolute atomic E-state index is 0.161. The van der Waals surface area contributed by atoms with Gasteiger partial charge in [-0.25, -0.2) is 0 Å². The summed E-state index contributed by atoms with van der Waals surface area (Å²) >= 11 is 0. The number of benzene rings is 1. The molecule has 0 bridgehead atoms. The molecule has 1 fully saturated rings. The Kier molecular flexibility index (Phi) is 4.18. The SMILES string of the molecule is Cc1cc([N+](=O)[O-])ccc1NCCC1CCCC1. The molecule has 1 saturated carbocycles. The maximum atomic E-state index is 10.6. The average molecular weight is 248 g/mol. The summed E-state index contributed by atoms with van der Waals surface area (Å²) < 4.78 is 0. The van der Waals surface area contributed by atoms with Crippen LogP contribution < -0.4 is 5.32 Å². The molecule has 0 atom stereocenters. The normalized spacial score (nSPS) is 15.8. The van der Waals surface area contributed by atoms with E-state index in [4.69, 9.17) is 0 Å². The highest BCUT2D eigenvalue weighted by Crippen LogP contribution is 2.28. The van der Waals surface area contributed by atoms with Crippen molar-refractivity contribution in [2.45, 2.75) is 39.0 Å². The first-order valence-corrected chi connectivity index (χ1v) is 6.66. The number of hydrogen-bond acceptors (Lipinski definition) is 3. The van der Waals surface area contributed by atoms with Gasteiger partial charge in [0.2, 0.25) is 0 Å². The van der Waals surface area contributed by atoms with Gasteiger partial charge in [-0.2, -0.15) is 0 Å². The van der Waals surface area contributed by atoms with Crippen molar-refractivity contribution in [1.82, 2.24) is 0 Å². The molecule has 18 heavy (non-hydrogen) atoms. The molecule has 0 radical (unpaired) electrons. The minimum atomic E-state index is -0.352. The molecule has 0 aliphatic heterocycles. The standard InChI is InChI=1S/C14H20N2O2/c1-11-10-13(16(17)18)6-7-14(11)15-9-8-12-4-2-3-5-12/h6-7,10,12,15H,2-5,8-9H2,1H3. The number of anilines is 1. The molecule has 0 amide bonds. The molecule has 0 heterocycles. The Morgan fingerprint density at radius 2 is 2.11 bits per heavy atom. The van der Waals surface area contributed by atoms with Gasteiger partial charge in [0.15, 0.2) is 0 Å². The number of nitrogens with one attached hydrogen (secondary N) is 1. The van der Waals surface area contributed by atoms with E-state index in [1.807, 2.05) is 13.0 Å². The van der Waals surface area contributed by atoms with Gasteiger partial charge in [0, 0.05) is 24.4 Å². The van der Waals surface area contributed by atoms with Gasteiger partial charge in [0.1, 0.15) is 0 Å². The average Bonchev–Trinajstić information content (AvgIpc) is 2.84. The van der Waals surface area contributed by atoms with E-state index in [1.165, 1.54) is 32.1 Å². The van der Waals surface area contributed by atoms with Crippen molar-refractivity contribution in [3.05, 3.63) is 33.9 Å². The second-order valence-electron chi connectivity index (χ2n) is 5.12. The van der Waals surface area contributed by atoms with E-state index >= 15 is 0 Å². The molecule has 1 aromatic carbocycles. The predicted octanol–water partition coefficient (Wildman–Crippen LogP) is 3.90. The lowest BCUT2D eigenvalue weighted by atomic mass is 10.0. The van der Waals surface area contributed by atoms with Gasteiger partial charge in [0.25, 0.3) is 5.69 Å². The smallest absolute Gasteiger partial charge is 0.269 e. The maximum Gasteiger partial charge on any atom is 0.269 e. The molecule has 0 spiro atoms. The molecule has 2 rings (SSSR count). The van der Waals surface area contributed by atoms with E-state index in [-0.39, 0.29) is 10.6 Å². The van der Waals surface area contributed by atoms with E-state index in [0.29, 0.717) is 0 Å². The van der Waals surface area contributed by atoms with Gasteiger partial charge >= 0.3 is 0 Å². The lowest BCUT2D eigenvalue weighted by Gasteiger charge is -2.12. The number of rotatable bonds is 5. The third-order valence-electron chi connectivity index (χ3n) is 3.76.